The van der Waals surface area contributed by atoms with Crippen molar-refractivity contribution in [1.82, 2.24) is 4.98 Å². The van der Waals surface area contributed by atoms with E-state index in [9.17, 15) is 10.1 Å². The lowest BCUT2D eigenvalue weighted by Gasteiger charge is -2.03. The summed E-state index contributed by atoms with van der Waals surface area (Å²) in [6.45, 7) is 3.90. The van der Waals surface area contributed by atoms with E-state index in [0.29, 0.717) is 21.1 Å². The summed E-state index contributed by atoms with van der Waals surface area (Å²) in [6, 6.07) is 4.21. The number of fused-ring (bicyclic) bond motifs is 2. The second-order valence-corrected chi connectivity index (χ2v) is 8.34. The predicted molar refractivity (Wildman–Crippen MR) is 103 cm³/mol. The quantitative estimate of drug-likeness (QED) is 0.710. The monoisotopic (exact) mass is 368 g/mol. The third-order valence-electron chi connectivity index (χ3n) is 4.49. The first kappa shape index (κ1) is 16.1. The highest BCUT2D eigenvalue weighted by molar-refractivity contribution is 7.21. The van der Waals surface area contributed by atoms with Gasteiger partial charge in [-0.2, -0.15) is 5.26 Å². The number of nitrogens with two attached hydrogens (primary N) is 1. The number of aromatic nitrogens is 1. The summed E-state index contributed by atoms with van der Waals surface area (Å²) >= 11 is 2.81. The van der Waals surface area contributed by atoms with Crippen LogP contribution in [0.2, 0.25) is 0 Å². The number of amides is 1. The summed E-state index contributed by atoms with van der Waals surface area (Å²) in [5.74, 6) is -0.269. The zero-order valence-electron chi connectivity index (χ0n) is 13.9. The molecule has 0 radical (unpaired) electrons. The fourth-order valence-corrected chi connectivity index (χ4v) is 5.75. The van der Waals surface area contributed by atoms with Gasteiger partial charge in [-0.3, -0.25) is 4.79 Å². The summed E-state index contributed by atoms with van der Waals surface area (Å²) < 4.78 is 0. The second-order valence-electron chi connectivity index (χ2n) is 6.23. The van der Waals surface area contributed by atoms with Crippen molar-refractivity contribution in [2.45, 2.75) is 33.1 Å². The van der Waals surface area contributed by atoms with E-state index in [1.165, 1.54) is 27.6 Å². The maximum Gasteiger partial charge on any atom is 0.268 e. The summed E-state index contributed by atoms with van der Waals surface area (Å²) in [5.41, 5.74) is 10.3. The van der Waals surface area contributed by atoms with Crippen molar-refractivity contribution in [2.24, 2.45) is 0 Å². The fraction of sp³-hybridized carbons (Fsp3) is 0.278. The number of nitriles is 1. The molecule has 0 unspecified atom stereocenters. The van der Waals surface area contributed by atoms with E-state index in [1.54, 1.807) is 0 Å². The van der Waals surface area contributed by atoms with Crippen LogP contribution >= 0.6 is 22.7 Å². The van der Waals surface area contributed by atoms with E-state index in [1.807, 2.05) is 19.9 Å². The van der Waals surface area contributed by atoms with Crippen LogP contribution in [0.25, 0.3) is 10.2 Å². The Labute approximate surface area is 153 Å². The lowest BCUT2D eigenvalue weighted by atomic mass is 10.1. The number of carbonyl (C=O) groups is 1. The Balaban J connectivity index is 1.73. The molecule has 0 saturated carbocycles. The molecule has 126 valence electrons. The Morgan fingerprint density at radius 3 is 2.92 bits per heavy atom. The zero-order valence-corrected chi connectivity index (χ0v) is 15.5. The molecule has 0 bridgehead atoms. The first-order valence-corrected chi connectivity index (χ1v) is 9.65. The van der Waals surface area contributed by atoms with Crippen molar-refractivity contribution in [3.8, 4) is 6.07 Å². The second kappa shape index (κ2) is 5.83. The van der Waals surface area contributed by atoms with Crippen LogP contribution in [0.4, 0.5) is 10.7 Å². The van der Waals surface area contributed by atoms with Crippen molar-refractivity contribution in [1.29, 1.82) is 5.26 Å². The van der Waals surface area contributed by atoms with Gasteiger partial charge in [0.15, 0.2) is 0 Å². The highest BCUT2D eigenvalue weighted by atomic mass is 32.1. The van der Waals surface area contributed by atoms with Gasteiger partial charge >= 0.3 is 0 Å². The molecule has 1 aliphatic carbocycles. The molecule has 0 spiro atoms. The third kappa shape index (κ3) is 2.49. The van der Waals surface area contributed by atoms with Gasteiger partial charge in [0.25, 0.3) is 5.91 Å². The lowest BCUT2D eigenvalue weighted by molar-refractivity contribution is 0.103. The normalized spacial score (nSPS) is 13.0. The Morgan fingerprint density at radius 2 is 2.16 bits per heavy atom. The molecule has 7 heteroatoms. The molecule has 0 fully saturated rings. The first-order chi connectivity index (χ1) is 12.0. The van der Waals surface area contributed by atoms with Gasteiger partial charge in [0.1, 0.15) is 20.8 Å². The van der Waals surface area contributed by atoms with Gasteiger partial charge in [0, 0.05) is 16.0 Å². The van der Waals surface area contributed by atoms with Crippen LogP contribution in [0.15, 0.2) is 6.07 Å². The van der Waals surface area contributed by atoms with Gasteiger partial charge < -0.3 is 11.1 Å². The molecule has 3 aromatic heterocycles. The van der Waals surface area contributed by atoms with E-state index >= 15 is 0 Å². The van der Waals surface area contributed by atoms with Crippen LogP contribution in [0, 0.1) is 25.2 Å². The number of nitrogens with zero attached hydrogens (tertiary/aromatic N) is 2. The van der Waals surface area contributed by atoms with Gasteiger partial charge in [-0.15, -0.1) is 22.7 Å². The zero-order chi connectivity index (χ0) is 17.7. The average molecular weight is 368 g/mol. The standard InChI is InChI=1S/C18H16N4OS2/c1-8-6-9(2)21-18-13(8)14(20)15(25-18)16(23)22-17-11(7-19)10-4-3-5-12(10)24-17/h6H,3-5,20H2,1-2H3,(H,22,23). The lowest BCUT2D eigenvalue weighted by Crippen LogP contribution is -2.12. The third-order valence-corrected chi connectivity index (χ3v) is 6.80. The Kier molecular flexibility index (Phi) is 3.74. The predicted octanol–water partition coefficient (Wildman–Crippen LogP) is 4.17. The number of hydrogen-bond donors (Lipinski definition) is 2. The van der Waals surface area contributed by atoms with E-state index in [2.05, 4.69) is 16.4 Å². The van der Waals surface area contributed by atoms with E-state index < -0.39 is 0 Å². The molecule has 1 aliphatic rings. The van der Waals surface area contributed by atoms with Crippen molar-refractivity contribution in [3.05, 3.63) is 38.2 Å². The summed E-state index contributed by atoms with van der Waals surface area (Å²) in [7, 11) is 0. The van der Waals surface area contributed by atoms with Crippen LogP contribution in [0.1, 0.15) is 43.4 Å². The van der Waals surface area contributed by atoms with Crippen molar-refractivity contribution in [3.63, 3.8) is 0 Å². The van der Waals surface area contributed by atoms with Crippen molar-refractivity contribution < 1.29 is 4.79 Å². The van der Waals surface area contributed by atoms with E-state index in [0.717, 1.165) is 46.3 Å². The van der Waals surface area contributed by atoms with Gasteiger partial charge in [-0.05, 0) is 50.3 Å². The molecule has 1 amide bonds. The minimum atomic E-state index is -0.269. The van der Waals surface area contributed by atoms with Crippen molar-refractivity contribution in [2.75, 3.05) is 11.1 Å². The van der Waals surface area contributed by atoms with E-state index in [4.69, 9.17) is 5.73 Å². The molecule has 0 saturated heterocycles. The van der Waals surface area contributed by atoms with Crippen LogP contribution in [0.5, 0.6) is 0 Å². The molecule has 3 heterocycles. The van der Waals surface area contributed by atoms with Gasteiger partial charge in [-0.1, -0.05) is 0 Å². The Bertz CT molecular complexity index is 1070. The number of hydrogen-bond acceptors (Lipinski definition) is 6. The molecule has 3 N–H and O–H groups in total. The Morgan fingerprint density at radius 1 is 1.36 bits per heavy atom. The minimum Gasteiger partial charge on any atom is -0.397 e. The van der Waals surface area contributed by atoms with Crippen LogP contribution < -0.4 is 11.1 Å². The van der Waals surface area contributed by atoms with Gasteiger partial charge in [0.2, 0.25) is 0 Å². The molecule has 3 aromatic rings. The average Bonchev–Trinajstić information content (AvgIpc) is 3.20. The van der Waals surface area contributed by atoms with Crippen LogP contribution in [0.3, 0.4) is 0 Å². The highest BCUT2D eigenvalue weighted by Crippen LogP contribution is 2.40. The highest BCUT2D eigenvalue weighted by Gasteiger charge is 2.25. The number of thiophene rings is 2. The summed E-state index contributed by atoms with van der Waals surface area (Å²) in [5, 5.41) is 13.8. The van der Waals surface area contributed by atoms with Crippen LogP contribution in [-0.2, 0) is 12.8 Å². The smallest absolute Gasteiger partial charge is 0.268 e. The number of pyridine rings is 1. The SMILES string of the molecule is Cc1cc(C)c2c(N)c(C(=O)Nc3sc4c(c3C#N)CCC4)sc2n1. The number of nitrogens with one attached hydrogen (secondary N) is 1. The van der Waals surface area contributed by atoms with E-state index in [-0.39, 0.29) is 5.91 Å². The molecule has 0 aliphatic heterocycles. The number of nitrogen functional groups attached to an aromatic ring is 1. The van der Waals surface area contributed by atoms with Gasteiger partial charge in [-0.25, -0.2) is 4.98 Å². The number of anilines is 2. The van der Waals surface area contributed by atoms with Gasteiger partial charge in [0.05, 0.1) is 11.3 Å². The topological polar surface area (TPSA) is 91.8 Å². The molecule has 4 rings (SSSR count). The Hall–Kier alpha value is -2.43. The number of carbonyl (C=O) groups excluding carboxylic acids is 1. The molecule has 0 aromatic carbocycles. The molecule has 25 heavy (non-hydrogen) atoms. The summed E-state index contributed by atoms with van der Waals surface area (Å²) in [6.07, 6.45) is 2.98. The molecule has 0 atom stereocenters. The van der Waals surface area contributed by atoms with Crippen molar-refractivity contribution >= 4 is 49.5 Å². The maximum atomic E-state index is 12.8. The minimum absolute atomic E-state index is 0.269. The largest absolute Gasteiger partial charge is 0.397 e. The summed E-state index contributed by atoms with van der Waals surface area (Å²) in [4.78, 5) is 19.7. The number of rotatable bonds is 2. The molecular weight excluding hydrogens is 352 g/mol. The molecule has 5 nitrogen and oxygen atoms in total. The number of aryl methyl sites for hydroxylation is 3. The fourth-order valence-electron chi connectivity index (χ4n) is 3.41. The van der Waals surface area contributed by atoms with Crippen LogP contribution in [-0.4, -0.2) is 10.9 Å². The molecular formula is C18H16N4OS2. The maximum absolute atomic E-state index is 12.8. The first-order valence-electron chi connectivity index (χ1n) is 8.01.